The highest BCUT2D eigenvalue weighted by molar-refractivity contribution is 5.13. The second kappa shape index (κ2) is 6.56. The lowest BCUT2D eigenvalue weighted by Gasteiger charge is -2.33. The van der Waals surface area contributed by atoms with Crippen molar-refractivity contribution in [3.8, 4) is 0 Å². The Morgan fingerprint density at radius 2 is 2.00 bits per heavy atom. The Hall–Kier alpha value is -1.11. The Morgan fingerprint density at radius 3 is 2.60 bits per heavy atom. The minimum Gasteiger partial charge on any atom is -0.393 e. The fourth-order valence-electron chi connectivity index (χ4n) is 2.19. The Bertz CT molecular complexity index is 408. The standard InChI is InChI=1S/C14H17F3O3/c15-14(16,17)13(12-8-11(18)6-7-19-12)20-9-10-4-2-1-3-5-10/h1-5,11-13,18H,6-9H2. The van der Waals surface area contributed by atoms with Crippen LogP contribution in [0.15, 0.2) is 30.3 Å². The summed E-state index contributed by atoms with van der Waals surface area (Å²) in [4.78, 5) is 0. The SMILES string of the molecule is OC1CCOC(C(OCc2ccccc2)C(F)(F)F)C1. The van der Waals surface area contributed by atoms with Crippen LogP contribution < -0.4 is 0 Å². The number of ether oxygens (including phenoxy) is 2. The third-order valence-electron chi connectivity index (χ3n) is 3.22. The van der Waals surface area contributed by atoms with Gasteiger partial charge in [-0.3, -0.25) is 0 Å². The molecule has 1 heterocycles. The largest absolute Gasteiger partial charge is 0.417 e. The van der Waals surface area contributed by atoms with Gasteiger partial charge in [-0.25, -0.2) is 0 Å². The number of benzene rings is 1. The molecule has 3 nitrogen and oxygen atoms in total. The van der Waals surface area contributed by atoms with Gasteiger partial charge < -0.3 is 14.6 Å². The summed E-state index contributed by atoms with van der Waals surface area (Å²) >= 11 is 0. The van der Waals surface area contributed by atoms with E-state index in [-0.39, 0.29) is 19.6 Å². The molecule has 2 rings (SSSR count). The molecule has 3 unspecified atom stereocenters. The molecule has 1 N–H and O–H groups in total. The lowest BCUT2D eigenvalue weighted by Crippen LogP contribution is -2.47. The van der Waals surface area contributed by atoms with E-state index in [0.29, 0.717) is 12.0 Å². The van der Waals surface area contributed by atoms with Gasteiger partial charge in [-0.2, -0.15) is 13.2 Å². The molecular formula is C14H17F3O3. The summed E-state index contributed by atoms with van der Waals surface area (Å²) in [6, 6.07) is 8.66. The maximum Gasteiger partial charge on any atom is 0.417 e. The van der Waals surface area contributed by atoms with Crippen LogP contribution >= 0.6 is 0 Å². The highest BCUT2D eigenvalue weighted by Crippen LogP contribution is 2.31. The van der Waals surface area contributed by atoms with Gasteiger partial charge in [0.2, 0.25) is 0 Å². The van der Waals surface area contributed by atoms with E-state index < -0.39 is 24.5 Å². The van der Waals surface area contributed by atoms with E-state index in [1.54, 1.807) is 30.3 Å². The first-order chi connectivity index (χ1) is 9.47. The Labute approximate surface area is 115 Å². The Kier molecular flexibility index (Phi) is 5.01. The smallest absolute Gasteiger partial charge is 0.393 e. The normalized spacial score (nSPS) is 25.4. The van der Waals surface area contributed by atoms with Crippen LogP contribution in [0.1, 0.15) is 18.4 Å². The number of hydrogen-bond acceptors (Lipinski definition) is 3. The summed E-state index contributed by atoms with van der Waals surface area (Å²) in [6.07, 6.45) is -8.14. The summed E-state index contributed by atoms with van der Waals surface area (Å²) in [5.41, 5.74) is 0.665. The van der Waals surface area contributed by atoms with Gasteiger partial charge in [0.15, 0.2) is 6.10 Å². The predicted octanol–water partition coefficient (Wildman–Crippen LogP) is 2.67. The van der Waals surface area contributed by atoms with Gasteiger partial charge in [0.1, 0.15) is 0 Å². The van der Waals surface area contributed by atoms with Crippen molar-refractivity contribution in [3.63, 3.8) is 0 Å². The molecule has 0 radical (unpaired) electrons. The molecule has 1 aromatic rings. The van der Waals surface area contributed by atoms with Crippen molar-refractivity contribution >= 4 is 0 Å². The van der Waals surface area contributed by atoms with Crippen LogP contribution in [0.3, 0.4) is 0 Å². The van der Waals surface area contributed by atoms with E-state index in [2.05, 4.69) is 0 Å². The van der Waals surface area contributed by atoms with E-state index in [1.165, 1.54) is 0 Å². The Balaban J connectivity index is 2.00. The number of rotatable bonds is 4. The van der Waals surface area contributed by atoms with E-state index in [1.807, 2.05) is 0 Å². The molecule has 0 saturated carbocycles. The van der Waals surface area contributed by atoms with E-state index >= 15 is 0 Å². The summed E-state index contributed by atoms with van der Waals surface area (Å²) in [5.74, 6) is 0. The van der Waals surface area contributed by atoms with Crippen molar-refractivity contribution in [2.45, 2.75) is 43.9 Å². The second-order valence-electron chi connectivity index (χ2n) is 4.85. The average Bonchev–Trinajstić information content (AvgIpc) is 2.39. The zero-order valence-corrected chi connectivity index (χ0v) is 10.8. The van der Waals surface area contributed by atoms with Gasteiger partial charge in [0.25, 0.3) is 0 Å². The van der Waals surface area contributed by atoms with Crippen molar-refractivity contribution in [1.29, 1.82) is 0 Å². The van der Waals surface area contributed by atoms with Gasteiger partial charge in [-0.15, -0.1) is 0 Å². The Morgan fingerprint density at radius 1 is 1.30 bits per heavy atom. The zero-order valence-electron chi connectivity index (χ0n) is 10.8. The van der Waals surface area contributed by atoms with Gasteiger partial charge in [-0.1, -0.05) is 30.3 Å². The minimum absolute atomic E-state index is 0.0566. The van der Waals surface area contributed by atoms with Crippen molar-refractivity contribution in [3.05, 3.63) is 35.9 Å². The average molecular weight is 290 g/mol. The fraction of sp³-hybridized carbons (Fsp3) is 0.571. The molecule has 0 bridgehead atoms. The molecule has 1 aromatic carbocycles. The monoisotopic (exact) mass is 290 g/mol. The van der Waals surface area contributed by atoms with Crippen molar-refractivity contribution in [1.82, 2.24) is 0 Å². The van der Waals surface area contributed by atoms with Gasteiger partial charge in [-0.05, 0) is 12.0 Å². The molecule has 20 heavy (non-hydrogen) atoms. The first kappa shape index (κ1) is 15.3. The topological polar surface area (TPSA) is 38.7 Å². The summed E-state index contributed by atoms with van der Waals surface area (Å²) in [7, 11) is 0. The number of alkyl halides is 3. The molecule has 0 amide bonds. The molecule has 6 heteroatoms. The zero-order chi connectivity index (χ0) is 14.6. The molecule has 3 atom stereocenters. The molecule has 1 aliphatic rings. The van der Waals surface area contributed by atoms with Crippen LogP contribution in [0.25, 0.3) is 0 Å². The summed E-state index contributed by atoms with van der Waals surface area (Å²) in [6.45, 7) is -0.0198. The summed E-state index contributed by atoms with van der Waals surface area (Å²) in [5, 5.41) is 9.48. The second-order valence-corrected chi connectivity index (χ2v) is 4.85. The van der Waals surface area contributed by atoms with Gasteiger partial charge in [0, 0.05) is 13.0 Å². The predicted molar refractivity (Wildman–Crippen MR) is 66.1 cm³/mol. The molecule has 0 spiro atoms. The third kappa shape index (κ3) is 4.19. The van der Waals surface area contributed by atoms with Crippen LogP contribution in [0.5, 0.6) is 0 Å². The van der Waals surface area contributed by atoms with Gasteiger partial charge in [0.05, 0.1) is 18.8 Å². The quantitative estimate of drug-likeness (QED) is 0.926. The number of halogens is 3. The highest BCUT2D eigenvalue weighted by atomic mass is 19.4. The molecule has 1 aliphatic heterocycles. The summed E-state index contributed by atoms with van der Waals surface area (Å²) < 4.78 is 49.3. The van der Waals surface area contributed by atoms with Crippen LogP contribution in [-0.4, -0.2) is 36.2 Å². The number of aliphatic hydroxyl groups excluding tert-OH is 1. The van der Waals surface area contributed by atoms with Crippen LogP contribution in [0, 0.1) is 0 Å². The molecular weight excluding hydrogens is 273 g/mol. The van der Waals surface area contributed by atoms with Crippen LogP contribution in [0.4, 0.5) is 13.2 Å². The molecule has 112 valence electrons. The van der Waals surface area contributed by atoms with E-state index in [9.17, 15) is 18.3 Å². The first-order valence-electron chi connectivity index (χ1n) is 6.48. The van der Waals surface area contributed by atoms with Crippen molar-refractivity contribution < 1.29 is 27.8 Å². The molecule has 0 aromatic heterocycles. The number of aliphatic hydroxyl groups is 1. The first-order valence-corrected chi connectivity index (χ1v) is 6.48. The highest BCUT2D eigenvalue weighted by Gasteiger charge is 2.47. The van der Waals surface area contributed by atoms with E-state index in [4.69, 9.17) is 9.47 Å². The number of hydrogen-bond donors (Lipinski definition) is 1. The molecule has 1 fully saturated rings. The van der Waals surface area contributed by atoms with Crippen LogP contribution in [0.2, 0.25) is 0 Å². The minimum atomic E-state index is -4.52. The van der Waals surface area contributed by atoms with E-state index in [0.717, 1.165) is 0 Å². The maximum absolute atomic E-state index is 13.0. The third-order valence-corrected chi connectivity index (χ3v) is 3.22. The van der Waals surface area contributed by atoms with Gasteiger partial charge >= 0.3 is 6.18 Å². The molecule has 1 saturated heterocycles. The molecule has 0 aliphatic carbocycles. The van der Waals surface area contributed by atoms with Crippen molar-refractivity contribution in [2.75, 3.05) is 6.61 Å². The lowest BCUT2D eigenvalue weighted by molar-refractivity contribution is -0.264. The van der Waals surface area contributed by atoms with Crippen LogP contribution in [-0.2, 0) is 16.1 Å². The van der Waals surface area contributed by atoms with Crippen molar-refractivity contribution in [2.24, 2.45) is 0 Å². The maximum atomic E-state index is 13.0. The fourth-order valence-corrected chi connectivity index (χ4v) is 2.19. The lowest BCUT2D eigenvalue weighted by atomic mass is 10.0.